The largest absolute Gasteiger partial charge is 0.497 e. The van der Waals surface area contributed by atoms with Gasteiger partial charge in [0.05, 0.1) is 33.4 Å². The first-order valence-electron chi connectivity index (χ1n) is 8.77. The second kappa shape index (κ2) is 8.61. The van der Waals surface area contributed by atoms with Gasteiger partial charge in [-0.2, -0.15) is 0 Å². The molecule has 1 heterocycles. The number of rotatable bonds is 7. The molecule has 0 unspecified atom stereocenters. The minimum Gasteiger partial charge on any atom is -0.497 e. The summed E-state index contributed by atoms with van der Waals surface area (Å²) in [6.07, 6.45) is -0.0723. The number of carbonyl (C=O) groups is 3. The Bertz CT molecular complexity index is 928. The molecular weight excluding hydrogens is 378 g/mol. The van der Waals surface area contributed by atoms with Crippen molar-refractivity contribution in [3.05, 3.63) is 48.0 Å². The number of nitrogens with one attached hydrogen (secondary N) is 2. The van der Waals surface area contributed by atoms with E-state index in [2.05, 4.69) is 10.9 Å². The lowest BCUT2D eigenvalue weighted by atomic mass is 10.2. The van der Waals surface area contributed by atoms with E-state index in [1.165, 1.54) is 27.4 Å². The summed E-state index contributed by atoms with van der Waals surface area (Å²) in [7, 11) is 4.49. The third-order valence-electron chi connectivity index (χ3n) is 4.48. The van der Waals surface area contributed by atoms with Crippen molar-refractivity contribution in [3.8, 4) is 17.2 Å². The number of methoxy groups -OCH3 is 3. The monoisotopic (exact) mass is 399 g/mol. The zero-order valence-corrected chi connectivity index (χ0v) is 16.2. The fourth-order valence-electron chi connectivity index (χ4n) is 2.95. The summed E-state index contributed by atoms with van der Waals surface area (Å²) < 4.78 is 15.4. The van der Waals surface area contributed by atoms with Crippen LogP contribution in [0.1, 0.15) is 16.8 Å². The number of hydrogen-bond donors (Lipinski definition) is 2. The maximum absolute atomic E-state index is 12.6. The van der Waals surface area contributed by atoms with Crippen LogP contribution in [-0.2, 0) is 9.59 Å². The second-order valence-corrected chi connectivity index (χ2v) is 6.19. The molecule has 3 amide bonds. The molecule has 2 N–H and O–H groups in total. The van der Waals surface area contributed by atoms with Crippen molar-refractivity contribution < 1.29 is 28.6 Å². The summed E-state index contributed by atoms with van der Waals surface area (Å²) in [5.74, 6) is 0.214. The summed E-state index contributed by atoms with van der Waals surface area (Å²) >= 11 is 0. The molecule has 1 aliphatic heterocycles. The number of imide groups is 1. The van der Waals surface area contributed by atoms with Gasteiger partial charge in [-0.25, -0.2) is 10.3 Å². The van der Waals surface area contributed by atoms with E-state index in [1.54, 1.807) is 36.4 Å². The maximum Gasteiger partial charge on any atom is 0.265 e. The fourth-order valence-corrected chi connectivity index (χ4v) is 2.95. The van der Waals surface area contributed by atoms with Gasteiger partial charge in [-0.15, -0.1) is 0 Å². The number of amides is 3. The first kappa shape index (κ1) is 20.2. The van der Waals surface area contributed by atoms with Gasteiger partial charge in [-0.1, -0.05) is 0 Å². The first-order valence-corrected chi connectivity index (χ1v) is 8.77. The van der Waals surface area contributed by atoms with Crippen LogP contribution in [0.2, 0.25) is 0 Å². The van der Waals surface area contributed by atoms with Gasteiger partial charge in [-0.05, 0) is 42.5 Å². The van der Waals surface area contributed by atoms with Gasteiger partial charge in [0.15, 0.2) is 11.5 Å². The highest BCUT2D eigenvalue weighted by Crippen LogP contribution is 2.28. The van der Waals surface area contributed by atoms with Crippen LogP contribution in [-0.4, -0.2) is 45.1 Å². The molecule has 2 aromatic rings. The molecule has 152 valence electrons. The van der Waals surface area contributed by atoms with Crippen LogP contribution in [0.25, 0.3) is 0 Å². The Morgan fingerprint density at radius 3 is 2.28 bits per heavy atom. The van der Waals surface area contributed by atoms with Crippen LogP contribution < -0.4 is 30.0 Å². The van der Waals surface area contributed by atoms with Crippen molar-refractivity contribution in [3.63, 3.8) is 0 Å². The number of hydrogen-bond acceptors (Lipinski definition) is 7. The van der Waals surface area contributed by atoms with Gasteiger partial charge in [0.2, 0.25) is 5.91 Å². The zero-order chi connectivity index (χ0) is 21.0. The third-order valence-corrected chi connectivity index (χ3v) is 4.48. The van der Waals surface area contributed by atoms with E-state index in [1.807, 2.05) is 0 Å². The Morgan fingerprint density at radius 2 is 1.66 bits per heavy atom. The molecule has 0 aliphatic carbocycles. The average Bonchev–Trinajstić information content (AvgIpc) is 3.04. The van der Waals surface area contributed by atoms with Crippen molar-refractivity contribution >= 4 is 23.4 Å². The molecule has 29 heavy (non-hydrogen) atoms. The van der Waals surface area contributed by atoms with Crippen molar-refractivity contribution in [2.45, 2.75) is 12.5 Å². The van der Waals surface area contributed by atoms with E-state index in [0.717, 1.165) is 4.90 Å². The Labute approximate surface area is 167 Å². The molecule has 2 aromatic carbocycles. The minimum absolute atomic E-state index is 0.0723. The van der Waals surface area contributed by atoms with Crippen LogP contribution >= 0.6 is 0 Å². The predicted molar refractivity (Wildman–Crippen MR) is 104 cm³/mol. The maximum atomic E-state index is 12.6. The van der Waals surface area contributed by atoms with E-state index in [4.69, 9.17) is 14.2 Å². The lowest BCUT2D eigenvalue weighted by Crippen LogP contribution is -2.48. The lowest BCUT2D eigenvalue weighted by molar-refractivity contribution is -0.121. The molecule has 9 nitrogen and oxygen atoms in total. The lowest BCUT2D eigenvalue weighted by Gasteiger charge is -2.16. The van der Waals surface area contributed by atoms with Gasteiger partial charge >= 0.3 is 0 Å². The molecule has 1 fully saturated rings. The van der Waals surface area contributed by atoms with Gasteiger partial charge in [0.1, 0.15) is 11.8 Å². The van der Waals surface area contributed by atoms with E-state index >= 15 is 0 Å². The van der Waals surface area contributed by atoms with Gasteiger partial charge in [0.25, 0.3) is 11.8 Å². The molecule has 0 aromatic heterocycles. The average molecular weight is 399 g/mol. The molecule has 1 saturated heterocycles. The van der Waals surface area contributed by atoms with E-state index in [-0.39, 0.29) is 12.3 Å². The molecule has 3 rings (SSSR count). The Kier molecular flexibility index (Phi) is 5.99. The third kappa shape index (κ3) is 4.14. The predicted octanol–water partition coefficient (Wildman–Crippen LogP) is 1.28. The summed E-state index contributed by atoms with van der Waals surface area (Å²) in [5, 5.41) is 0. The van der Waals surface area contributed by atoms with Crippen LogP contribution in [0.4, 0.5) is 5.69 Å². The Hall–Kier alpha value is -3.59. The topological polar surface area (TPSA) is 106 Å². The van der Waals surface area contributed by atoms with Crippen LogP contribution in [0, 0.1) is 0 Å². The van der Waals surface area contributed by atoms with Gasteiger partial charge in [0, 0.05) is 5.56 Å². The van der Waals surface area contributed by atoms with Crippen LogP contribution in [0.3, 0.4) is 0 Å². The minimum atomic E-state index is -0.867. The summed E-state index contributed by atoms with van der Waals surface area (Å²) in [4.78, 5) is 38.4. The molecule has 0 saturated carbocycles. The zero-order valence-electron chi connectivity index (χ0n) is 16.2. The van der Waals surface area contributed by atoms with Crippen molar-refractivity contribution in [1.29, 1.82) is 0 Å². The number of anilines is 1. The number of ether oxygens (including phenoxy) is 3. The molecule has 0 spiro atoms. The van der Waals surface area contributed by atoms with Crippen molar-refractivity contribution in [2.75, 3.05) is 26.2 Å². The highest BCUT2D eigenvalue weighted by molar-refractivity contribution is 6.22. The van der Waals surface area contributed by atoms with Gasteiger partial charge < -0.3 is 14.2 Å². The van der Waals surface area contributed by atoms with Crippen LogP contribution in [0.5, 0.6) is 17.2 Å². The van der Waals surface area contributed by atoms with E-state index in [9.17, 15) is 14.4 Å². The molecule has 1 atom stereocenters. The highest BCUT2D eigenvalue weighted by atomic mass is 16.5. The summed E-state index contributed by atoms with van der Waals surface area (Å²) in [6.45, 7) is 0. The quantitative estimate of drug-likeness (QED) is 0.534. The van der Waals surface area contributed by atoms with E-state index in [0.29, 0.717) is 28.5 Å². The number of nitrogens with zero attached hydrogens (tertiary/aromatic N) is 1. The van der Waals surface area contributed by atoms with Crippen LogP contribution in [0.15, 0.2) is 42.5 Å². The normalized spacial score (nSPS) is 16.0. The fraction of sp³-hybridized carbons (Fsp3) is 0.250. The Morgan fingerprint density at radius 1 is 0.966 bits per heavy atom. The van der Waals surface area contributed by atoms with Crippen molar-refractivity contribution in [2.24, 2.45) is 0 Å². The summed E-state index contributed by atoms with van der Waals surface area (Å²) in [5.41, 5.74) is 5.85. The second-order valence-electron chi connectivity index (χ2n) is 6.19. The number of carbonyl (C=O) groups excluding carboxylic acids is 3. The van der Waals surface area contributed by atoms with E-state index < -0.39 is 17.9 Å². The SMILES string of the molecule is COc1ccc(N2C(=O)C[C@@H](NNC(=O)c3ccc(OC)c(OC)c3)C2=O)cc1. The molecule has 9 heteroatoms. The smallest absolute Gasteiger partial charge is 0.265 e. The number of hydrazine groups is 1. The summed E-state index contributed by atoms with van der Waals surface area (Å²) in [6, 6.07) is 10.4. The first-order chi connectivity index (χ1) is 14.0. The standard InChI is InChI=1S/C20H21N3O6/c1-27-14-7-5-13(6-8-14)23-18(24)11-15(20(23)26)21-22-19(25)12-4-9-16(28-2)17(10-12)29-3/h4-10,15,21H,11H2,1-3H3,(H,22,25)/t15-/m1/s1. The molecular formula is C20H21N3O6. The van der Waals surface area contributed by atoms with Crippen molar-refractivity contribution in [1.82, 2.24) is 10.9 Å². The molecule has 1 aliphatic rings. The Balaban J connectivity index is 1.66. The highest BCUT2D eigenvalue weighted by Gasteiger charge is 2.39. The number of benzene rings is 2. The van der Waals surface area contributed by atoms with Gasteiger partial charge in [-0.3, -0.25) is 19.8 Å². The molecule has 0 radical (unpaired) electrons. The molecule has 0 bridgehead atoms.